The van der Waals surface area contributed by atoms with E-state index in [4.69, 9.17) is 4.74 Å². The maximum absolute atomic E-state index is 15.4. The van der Waals surface area contributed by atoms with Gasteiger partial charge in [-0.15, -0.1) is 0 Å². The second-order valence-corrected chi connectivity index (χ2v) is 12.8. The molecule has 0 N–H and O–H groups in total. The fourth-order valence-electron chi connectivity index (χ4n) is 7.42. The monoisotopic (exact) mass is 588 g/mol. The Kier molecular flexibility index (Phi) is 11.1. The van der Waals surface area contributed by atoms with E-state index in [1.165, 1.54) is 57.4 Å². The normalized spacial score (nSPS) is 22.6. The first-order valence-corrected chi connectivity index (χ1v) is 16.6. The van der Waals surface area contributed by atoms with Crippen molar-refractivity contribution in [3.63, 3.8) is 0 Å². The summed E-state index contributed by atoms with van der Waals surface area (Å²) in [6.45, 7) is 4.48. The van der Waals surface area contributed by atoms with Crippen molar-refractivity contribution in [2.75, 3.05) is 6.61 Å². The number of rotatable bonds is 11. The van der Waals surface area contributed by atoms with Crippen LogP contribution in [-0.4, -0.2) is 6.61 Å². The lowest BCUT2D eigenvalue weighted by molar-refractivity contribution is 0.156. The van der Waals surface area contributed by atoms with Crippen molar-refractivity contribution in [3.8, 4) is 28.0 Å². The predicted octanol–water partition coefficient (Wildman–Crippen LogP) is 12.1. The lowest BCUT2D eigenvalue weighted by Gasteiger charge is -2.38. The molecule has 0 atom stereocenters. The van der Waals surface area contributed by atoms with Gasteiger partial charge in [0.1, 0.15) is 5.82 Å². The smallest absolute Gasteiger partial charge is 0.201 e. The van der Waals surface area contributed by atoms with E-state index in [1.54, 1.807) is 24.3 Å². The van der Waals surface area contributed by atoms with Crippen molar-refractivity contribution in [1.29, 1.82) is 0 Å². The summed E-state index contributed by atoms with van der Waals surface area (Å²) in [4.78, 5) is 0. The van der Waals surface area contributed by atoms with Crippen LogP contribution in [0.5, 0.6) is 5.75 Å². The van der Waals surface area contributed by atoms with Crippen molar-refractivity contribution in [3.05, 3.63) is 89.8 Å². The zero-order chi connectivity index (χ0) is 30.2. The Bertz CT molecular complexity index is 1350. The van der Waals surface area contributed by atoms with Crippen LogP contribution in [0.25, 0.3) is 22.3 Å². The Morgan fingerprint density at radius 1 is 0.744 bits per heavy atom. The molecule has 0 bridgehead atoms. The first-order chi connectivity index (χ1) is 21.0. The fourth-order valence-corrected chi connectivity index (χ4v) is 7.42. The van der Waals surface area contributed by atoms with Gasteiger partial charge in [0, 0.05) is 5.56 Å². The average molecular weight is 589 g/mol. The van der Waals surface area contributed by atoms with Gasteiger partial charge >= 0.3 is 0 Å². The van der Waals surface area contributed by atoms with Gasteiger partial charge in [-0.25, -0.2) is 8.78 Å². The lowest BCUT2D eigenvalue weighted by atomic mass is 9.68. The highest BCUT2D eigenvalue weighted by Gasteiger charge is 2.32. The molecule has 0 heterocycles. The second kappa shape index (κ2) is 15.1. The van der Waals surface area contributed by atoms with E-state index >= 15 is 4.39 Å². The minimum absolute atomic E-state index is 0.0614. The molecule has 1 nitrogen and oxygen atoms in total. The van der Waals surface area contributed by atoms with Gasteiger partial charge in [0.05, 0.1) is 6.61 Å². The zero-order valence-electron chi connectivity index (χ0n) is 25.9. The number of hydrogen-bond donors (Lipinski definition) is 0. The van der Waals surface area contributed by atoms with Crippen LogP contribution >= 0.6 is 0 Å². The largest absolute Gasteiger partial charge is 0.490 e. The molecule has 5 rings (SSSR count). The Balaban J connectivity index is 1.17. The first kappa shape index (κ1) is 31.4. The molecule has 3 aromatic rings. The first-order valence-electron chi connectivity index (χ1n) is 16.6. The van der Waals surface area contributed by atoms with Crippen LogP contribution in [0.1, 0.15) is 102 Å². The van der Waals surface area contributed by atoms with Crippen LogP contribution in [0.15, 0.2) is 66.7 Å². The van der Waals surface area contributed by atoms with Gasteiger partial charge in [0.15, 0.2) is 11.6 Å². The molecule has 0 saturated heterocycles. The molecule has 2 saturated carbocycles. The van der Waals surface area contributed by atoms with E-state index in [9.17, 15) is 8.78 Å². The molecule has 0 spiro atoms. The third kappa shape index (κ3) is 7.75. The van der Waals surface area contributed by atoms with Crippen molar-refractivity contribution in [2.45, 2.75) is 96.8 Å². The molecule has 43 heavy (non-hydrogen) atoms. The quantitative estimate of drug-likeness (QED) is 0.160. The van der Waals surface area contributed by atoms with Crippen LogP contribution in [-0.2, 0) is 0 Å². The molecule has 2 fully saturated rings. The van der Waals surface area contributed by atoms with Crippen molar-refractivity contribution in [1.82, 2.24) is 0 Å². The molecule has 2 aliphatic rings. The summed E-state index contributed by atoms with van der Waals surface area (Å²) in [5, 5.41) is 0. The average Bonchev–Trinajstić information content (AvgIpc) is 3.04. The van der Waals surface area contributed by atoms with Crippen LogP contribution < -0.4 is 4.74 Å². The predicted molar refractivity (Wildman–Crippen MR) is 172 cm³/mol. The van der Waals surface area contributed by atoms with Crippen molar-refractivity contribution >= 4 is 0 Å². The molecule has 0 aliphatic heterocycles. The van der Waals surface area contributed by atoms with Crippen molar-refractivity contribution in [2.24, 2.45) is 17.8 Å². The standard InChI is InChI=1S/C39H47F3O/c1-3-5-7-8-27-9-11-28(12-10-27)29-13-17-31(18-14-29)34-22-21-33(26-36(34)40)30-15-19-32(20-16-30)35-23-24-37(39(42)38(35)41)43-25-6-4-2/h3,5,15-16,19-24,26-29,31H,4,6-14,17-18,25H2,1-2H3/b5-3+. The third-order valence-electron chi connectivity index (χ3n) is 10.1. The molecule has 0 amide bonds. The van der Waals surface area contributed by atoms with Crippen LogP contribution in [0, 0.1) is 35.2 Å². The number of halogens is 3. The summed E-state index contributed by atoms with van der Waals surface area (Å²) in [7, 11) is 0. The summed E-state index contributed by atoms with van der Waals surface area (Å²) in [5.41, 5.74) is 3.22. The molecule has 2 aliphatic carbocycles. The van der Waals surface area contributed by atoms with E-state index in [0.29, 0.717) is 12.2 Å². The second-order valence-electron chi connectivity index (χ2n) is 12.8. The third-order valence-corrected chi connectivity index (χ3v) is 10.1. The lowest BCUT2D eigenvalue weighted by Crippen LogP contribution is -2.25. The Morgan fingerprint density at radius 2 is 1.40 bits per heavy atom. The SMILES string of the molecule is C/C=C/CCC1CCC(C2CCC(c3ccc(-c4ccc(-c5ccc(OCCCC)c(F)c5F)cc4)cc3F)CC2)CC1. The Labute approximate surface area is 256 Å². The van der Waals surface area contributed by atoms with Gasteiger partial charge in [-0.2, -0.15) is 4.39 Å². The molecular weight excluding hydrogens is 541 g/mol. The summed E-state index contributed by atoms with van der Waals surface area (Å²) in [6.07, 6.45) is 18.8. The van der Waals surface area contributed by atoms with E-state index < -0.39 is 11.6 Å². The van der Waals surface area contributed by atoms with Gasteiger partial charge in [0.2, 0.25) is 5.82 Å². The Morgan fingerprint density at radius 3 is 2.05 bits per heavy atom. The highest BCUT2D eigenvalue weighted by Crippen LogP contribution is 2.45. The number of allylic oxidation sites excluding steroid dienone is 2. The highest BCUT2D eigenvalue weighted by atomic mass is 19.2. The molecular formula is C39H47F3O. The summed E-state index contributed by atoms with van der Waals surface area (Å²) in [5.74, 6) is 0.766. The zero-order valence-corrected chi connectivity index (χ0v) is 25.9. The molecule has 4 heteroatoms. The van der Waals surface area contributed by atoms with Gasteiger partial charge in [0.25, 0.3) is 0 Å². The maximum Gasteiger partial charge on any atom is 0.201 e. The van der Waals surface area contributed by atoms with Crippen molar-refractivity contribution < 1.29 is 17.9 Å². The number of benzene rings is 3. The summed E-state index contributed by atoms with van der Waals surface area (Å²) < 4.78 is 50.2. The number of unbranched alkanes of at least 4 members (excludes halogenated alkanes) is 1. The van der Waals surface area contributed by atoms with Crippen LogP contribution in [0.4, 0.5) is 13.2 Å². The van der Waals surface area contributed by atoms with E-state index in [0.717, 1.165) is 60.1 Å². The maximum atomic E-state index is 15.4. The van der Waals surface area contributed by atoms with E-state index in [-0.39, 0.29) is 23.0 Å². The summed E-state index contributed by atoms with van der Waals surface area (Å²) in [6, 6.07) is 15.8. The number of ether oxygens (including phenoxy) is 1. The Hall–Kier alpha value is -3.01. The van der Waals surface area contributed by atoms with E-state index in [1.807, 2.05) is 31.2 Å². The molecule has 0 unspecified atom stereocenters. The topological polar surface area (TPSA) is 9.23 Å². The van der Waals surface area contributed by atoms with Gasteiger partial charge in [-0.1, -0.05) is 74.7 Å². The van der Waals surface area contributed by atoms with Crippen LogP contribution in [0.3, 0.4) is 0 Å². The van der Waals surface area contributed by atoms with Gasteiger partial charge in [-0.05, 0) is 129 Å². The minimum Gasteiger partial charge on any atom is -0.490 e. The molecule has 0 radical (unpaired) electrons. The molecule has 0 aromatic heterocycles. The van der Waals surface area contributed by atoms with Gasteiger partial charge < -0.3 is 4.74 Å². The fraction of sp³-hybridized carbons (Fsp3) is 0.487. The van der Waals surface area contributed by atoms with Crippen LogP contribution in [0.2, 0.25) is 0 Å². The number of hydrogen-bond acceptors (Lipinski definition) is 1. The highest BCUT2D eigenvalue weighted by molar-refractivity contribution is 5.71. The minimum atomic E-state index is -0.965. The molecule has 3 aromatic carbocycles. The van der Waals surface area contributed by atoms with Gasteiger partial charge in [-0.3, -0.25) is 0 Å². The van der Waals surface area contributed by atoms with E-state index in [2.05, 4.69) is 19.1 Å². The molecule has 230 valence electrons. The summed E-state index contributed by atoms with van der Waals surface area (Å²) >= 11 is 0.